The first-order chi connectivity index (χ1) is 17.2. The van der Waals surface area contributed by atoms with Gasteiger partial charge < -0.3 is 10.4 Å². The summed E-state index contributed by atoms with van der Waals surface area (Å²) in [6, 6.07) is 14.2. The number of carboxylic acid groups (broad SMARTS) is 1. The van der Waals surface area contributed by atoms with Gasteiger partial charge in [-0.05, 0) is 73.9 Å². The number of hydrogen-bond donors (Lipinski definition) is 2. The van der Waals surface area contributed by atoms with Gasteiger partial charge in [0.25, 0.3) is 0 Å². The molecular weight excluding hydrogens is 533 g/mol. The van der Waals surface area contributed by atoms with Crippen molar-refractivity contribution in [2.45, 2.75) is 64.2 Å². The van der Waals surface area contributed by atoms with E-state index in [2.05, 4.69) is 5.32 Å². The van der Waals surface area contributed by atoms with Crippen molar-refractivity contribution in [3.63, 3.8) is 0 Å². The van der Waals surface area contributed by atoms with E-state index in [0.29, 0.717) is 16.5 Å². The van der Waals surface area contributed by atoms with Crippen LogP contribution in [-0.2, 0) is 25.8 Å². The Kier molecular flexibility index (Phi) is 9.36. The molecule has 2 N–H and O–H groups in total. The second kappa shape index (κ2) is 11.7. The van der Waals surface area contributed by atoms with Crippen LogP contribution in [0.15, 0.2) is 48.5 Å². The number of hydrogen-bond acceptors (Lipinski definition) is 4. The lowest BCUT2D eigenvalue weighted by molar-refractivity contribution is -0.147. The number of carbonyl (C=O) groups is 2. The molecule has 0 saturated carbocycles. The molecule has 202 valence electrons. The number of piperidine rings is 1. The molecule has 1 aliphatic heterocycles. The topological polar surface area (TPSA) is 101 Å². The second-order valence-corrected chi connectivity index (χ2v) is 14.3. The Labute approximate surface area is 229 Å². The van der Waals surface area contributed by atoms with Crippen molar-refractivity contribution in [3.05, 3.63) is 69.7 Å². The molecule has 1 unspecified atom stereocenters. The minimum atomic E-state index is -3.46. The summed E-state index contributed by atoms with van der Waals surface area (Å²) in [5.41, 5.74) is 0.719. The number of amides is 1. The Balaban J connectivity index is 2.08. The van der Waals surface area contributed by atoms with Crippen LogP contribution in [0.2, 0.25) is 10.0 Å². The molecule has 1 aliphatic rings. The van der Waals surface area contributed by atoms with Crippen LogP contribution in [0.5, 0.6) is 0 Å². The van der Waals surface area contributed by atoms with Gasteiger partial charge in [-0.3, -0.25) is 9.59 Å². The Morgan fingerprint density at radius 2 is 1.76 bits per heavy atom. The summed E-state index contributed by atoms with van der Waals surface area (Å²) >= 11 is 12.4. The molecule has 1 amide bonds. The van der Waals surface area contributed by atoms with Gasteiger partial charge in [-0.1, -0.05) is 61.3 Å². The van der Waals surface area contributed by atoms with Crippen molar-refractivity contribution in [3.8, 4) is 0 Å². The van der Waals surface area contributed by atoms with Crippen LogP contribution in [0.25, 0.3) is 0 Å². The van der Waals surface area contributed by atoms with E-state index in [0.717, 1.165) is 11.1 Å². The molecule has 2 aromatic carbocycles. The standard InChI is InChI=1S/C28H35Cl2NO5S/c1-17(2)37(35,36)16-24(18(3)12-19-8-10-21(29)11-9-19)26-23(20-6-5-7-22(30)13-20)14-28(4,15-25(32)33)27(34)31-26/h5-11,13,17-18,23-24,26H,12,14-16H2,1-4H3,(H,31,34)(H,32,33)/t18-,23+,24?,26-,28+/m0/s1. The lowest BCUT2D eigenvalue weighted by Crippen LogP contribution is -2.58. The molecule has 2 aromatic rings. The molecule has 0 aliphatic carbocycles. The zero-order chi connectivity index (χ0) is 27.5. The van der Waals surface area contributed by atoms with Crippen molar-refractivity contribution in [2.75, 3.05) is 5.75 Å². The van der Waals surface area contributed by atoms with Crippen LogP contribution in [0.3, 0.4) is 0 Å². The first-order valence-corrected chi connectivity index (χ1v) is 14.9. The molecule has 6 nitrogen and oxygen atoms in total. The summed E-state index contributed by atoms with van der Waals surface area (Å²) in [7, 11) is -3.46. The summed E-state index contributed by atoms with van der Waals surface area (Å²) in [5.74, 6) is -2.40. The molecule has 1 fully saturated rings. The Morgan fingerprint density at radius 1 is 1.11 bits per heavy atom. The molecule has 9 heteroatoms. The van der Waals surface area contributed by atoms with Gasteiger partial charge in [0.15, 0.2) is 9.84 Å². The Morgan fingerprint density at radius 3 is 2.32 bits per heavy atom. The van der Waals surface area contributed by atoms with Gasteiger partial charge in [0.1, 0.15) is 0 Å². The van der Waals surface area contributed by atoms with E-state index >= 15 is 0 Å². The van der Waals surface area contributed by atoms with Crippen LogP contribution >= 0.6 is 23.2 Å². The van der Waals surface area contributed by atoms with E-state index in [4.69, 9.17) is 23.2 Å². The molecule has 37 heavy (non-hydrogen) atoms. The molecule has 1 saturated heterocycles. The van der Waals surface area contributed by atoms with E-state index in [1.807, 2.05) is 37.3 Å². The first-order valence-electron chi connectivity index (χ1n) is 12.5. The highest BCUT2D eigenvalue weighted by Gasteiger charge is 2.49. The van der Waals surface area contributed by atoms with Crippen LogP contribution in [-0.4, -0.2) is 42.4 Å². The number of aliphatic carboxylic acids is 1. The number of benzene rings is 2. The normalized spacial score (nSPS) is 23.9. The molecule has 1 heterocycles. The van der Waals surface area contributed by atoms with Crippen LogP contribution in [0.4, 0.5) is 0 Å². The number of nitrogens with one attached hydrogen (secondary N) is 1. The lowest BCUT2D eigenvalue weighted by Gasteiger charge is -2.46. The molecular formula is C28H35Cl2NO5S. The molecule has 0 bridgehead atoms. The van der Waals surface area contributed by atoms with Crippen LogP contribution < -0.4 is 5.32 Å². The van der Waals surface area contributed by atoms with Gasteiger partial charge in [-0.15, -0.1) is 0 Å². The lowest BCUT2D eigenvalue weighted by atomic mass is 9.66. The zero-order valence-corrected chi connectivity index (χ0v) is 23.9. The average molecular weight is 569 g/mol. The highest BCUT2D eigenvalue weighted by atomic mass is 35.5. The molecule has 0 radical (unpaired) electrons. The summed E-state index contributed by atoms with van der Waals surface area (Å²) < 4.78 is 26.4. The molecule has 3 rings (SSSR count). The second-order valence-electron chi connectivity index (χ2n) is 10.8. The predicted molar refractivity (Wildman–Crippen MR) is 148 cm³/mol. The number of rotatable bonds is 10. The van der Waals surface area contributed by atoms with Gasteiger partial charge in [-0.2, -0.15) is 0 Å². The fraction of sp³-hybridized carbons (Fsp3) is 0.500. The number of sulfone groups is 1. The van der Waals surface area contributed by atoms with Crippen LogP contribution in [0.1, 0.15) is 57.6 Å². The third kappa shape index (κ3) is 7.27. The fourth-order valence-electron chi connectivity index (χ4n) is 5.31. The largest absolute Gasteiger partial charge is 0.481 e. The van der Waals surface area contributed by atoms with Gasteiger partial charge >= 0.3 is 5.97 Å². The van der Waals surface area contributed by atoms with Crippen molar-refractivity contribution in [2.24, 2.45) is 17.3 Å². The summed E-state index contributed by atoms with van der Waals surface area (Å²) in [6.07, 6.45) is 0.538. The highest BCUT2D eigenvalue weighted by molar-refractivity contribution is 7.91. The van der Waals surface area contributed by atoms with E-state index < -0.39 is 38.4 Å². The minimum Gasteiger partial charge on any atom is -0.481 e. The van der Waals surface area contributed by atoms with Crippen molar-refractivity contribution in [1.82, 2.24) is 5.32 Å². The van der Waals surface area contributed by atoms with Gasteiger partial charge in [0, 0.05) is 22.0 Å². The SMILES string of the molecule is CC(C)S(=O)(=O)CC([C@H]1NC(=O)[C@@](C)(CC(=O)O)C[C@@H]1c1cccc(Cl)c1)[C@@H](C)Cc1ccc(Cl)cc1. The predicted octanol–water partition coefficient (Wildman–Crippen LogP) is 5.76. The maximum absolute atomic E-state index is 13.4. The van der Waals surface area contributed by atoms with Crippen LogP contribution in [0, 0.1) is 17.3 Å². The van der Waals surface area contributed by atoms with Crippen molar-refractivity contribution < 1.29 is 23.1 Å². The van der Waals surface area contributed by atoms with Crippen molar-refractivity contribution >= 4 is 44.9 Å². The van der Waals surface area contributed by atoms with E-state index in [1.165, 1.54) is 0 Å². The molecule has 0 aromatic heterocycles. The van der Waals surface area contributed by atoms with E-state index in [1.54, 1.807) is 39.0 Å². The smallest absolute Gasteiger partial charge is 0.304 e. The fourth-order valence-corrected chi connectivity index (χ4v) is 7.09. The number of carboxylic acids is 1. The van der Waals surface area contributed by atoms with Crippen molar-refractivity contribution in [1.29, 1.82) is 0 Å². The number of halogens is 2. The molecule has 5 atom stereocenters. The summed E-state index contributed by atoms with van der Waals surface area (Å²) in [4.78, 5) is 25.0. The first kappa shape index (κ1) is 29.5. The monoisotopic (exact) mass is 567 g/mol. The molecule has 0 spiro atoms. The Bertz CT molecular complexity index is 1230. The number of carbonyl (C=O) groups excluding carboxylic acids is 1. The van der Waals surface area contributed by atoms with E-state index in [-0.39, 0.29) is 36.3 Å². The minimum absolute atomic E-state index is 0.100. The van der Waals surface area contributed by atoms with E-state index in [9.17, 15) is 23.1 Å². The van der Waals surface area contributed by atoms with Gasteiger partial charge in [0.2, 0.25) is 5.91 Å². The summed E-state index contributed by atoms with van der Waals surface area (Å²) in [6.45, 7) is 6.98. The Hall–Kier alpha value is -2.09. The maximum atomic E-state index is 13.4. The highest BCUT2D eigenvalue weighted by Crippen LogP contribution is 2.45. The maximum Gasteiger partial charge on any atom is 0.304 e. The average Bonchev–Trinajstić information content (AvgIpc) is 2.80. The third-order valence-corrected chi connectivity index (χ3v) is 10.3. The van der Waals surface area contributed by atoms with Gasteiger partial charge in [-0.25, -0.2) is 8.42 Å². The summed E-state index contributed by atoms with van der Waals surface area (Å²) in [5, 5.41) is 13.2. The zero-order valence-electron chi connectivity index (χ0n) is 21.6. The quantitative estimate of drug-likeness (QED) is 0.379. The third-order valence-electron chi connectivity index (χ3n) is 7.57. The van der Waals surface area contributed by atoms with Gasteiger partial charge in [0.05, 0.1) is 22.8 Å².